The molecule has 0 saturated carbocycles. The fraction of sp³-hybridized carbons (Fsp3) is 0.188. The molecule has 0 spiro atoms. The molecule has 7 heteroatoms. The van der Waals surface area contributed by atoms with Crippen molar-refractivity contribution in [2.45, 2.75) is 11.3 Å². The molecular formula is C16H16N2O4S. The first-order chi connectivity index (χ1) is 11.0. The fourth-order valence-electron chi connectivity index (χ4n) is 2.55. The van der Waals surface area contributed by atoms with Crippen LogP contribution in [0.5, 0.6) is 5.75 Å². The Morgan fingerprint density at radius 1 is 1.13 bits per heavy atom. The van der Waals surface area contributed by atoms with E-state index in [1.54, 1.807) is 0 Å². The van der Waals surface area contributed by atoms with Crippen LogP contribution in [0.2, 0.25) is 0 Å². The largest absolute Gasteiger partial charge is 0.484 e. The lowest BCUT2D eigenvalue weighted by Gasteiger charge is -2.19. The molecule has 1 aliphatic rings. The second-order valence-electron chi connectivity index (χ2n) is 5.18. The number of fused-ring (bicyclic) bond motifs is 1. The number of carbonyl (C=O) groups is 1. The summed E-state index contributed by atoms with van der Waals surface area (Å²) >= 11 is 0. The summed E-state index contributed by atoms with van der Waals surface area (Å²) in [6.45, 7) is 0.188. The summed E-state index contributed by atoms with van der Waals surface area (Å²) < 4.78 is 32.1. The van der Waals surface area contributed by atoms with E-state index in [-0.39, 0.29) is 11.5 Å². The molecule has 23 heavy (non-hydrogen) atoms. The van der Waals surface area contributed by atoms with E-state index in [9.17, 15) is 13.2 Å². The number of anilines is 1. The van der Waals surface area contributed by atoms with Gasteiger partial charge in [0.05, 0.1) is 10.6 Å². The quantitative estimate of drug-likeness (QED) is 0.894. The molecule has 1 amide bonds. The zero-order chi connectivity index (χ0) is 16.4. The van der Waals surface area contributed by atoms with E-state index in [1.165, 1.54) is 28.6 Å². The zero-order valence-corrected chi connectivity index (χ0v) is 13.1. The molecule has 120 valence electrons. The molecule has 0 aromatic heterocycles. The van der Waals surface area contributed by atoms with Crippen LogP contribution in [0, 0.1) is 0 Å². The van der Waals surface area contributed by atoms with E-state index in [0.29, 0.717) is 18.7 Å². The smallest absolute Gasteiger partial charge is 0.264 e. The molecule has 2 aromatic carbocycles. The number of benzene rings is 2. The summed E-state index contributed by atoms with van der Waals surface area (Å²) in [5.74, 6) is -0.194. The van der Waals surface area contributed by atoms with E-state index in [1.807, 2.05) is 24.3 Å². The molecule has 3 rings (SSSR count). The maximum Gasteiger partial charge on any atom is 0.264 e. The predicted molar refractivity (Wildman–Crippen MR) is 85.8 cm³/mol. The number of ether oxygens (including phenoxy) is 1. The highest BCUT2D eigenvalue weighted by atomic mass is 32.2. The van der Waals surface area contributed by atoms with E-state index in [4.69, 9.17) is 10.5 Å². The number of nitrogens with two attached hydrogens (primary N) is 1. The summed E-state index contributed by atoms with van der Waals surface area (Å²) in [5.41, 5.74) is 6.75. The molecular weight excluding hydrogens is 316 g/mol. The van der Waals surface area contributed by atoms with E-state index < -0.39 is 15.9 Å². The number of hydrogen-bond acceptors (Lipinski definition) is 4. The number of amides is 1. The molecule has 1 aliphatic heterocycles. The van der Waals surface area contributed by atoms with Crippen LogP contribution in [0.3, 0.4) is 0 Å². The summed E-state index contributed by atoms with van der Waals surface area (Å²) in [6, 6.07) is 13.4. The van der Waals surface area contributed by atoms with Crippen LogP contribution in [0.15, 0.2) is 53.4 Å². The van der Waals surface area contributed by atoms with Crippen LogP contribution >= 0.6 is 0 Å². The van der Waals surface area contributed by atoms with Crippen LogP contribution in [-0.4, -0.2) is 27.5 Å². The van der Waals surface area contributed by atoms with Gasteiger partial charge in [0.2, 0.25) is 0 Å². The Morgan fingerprint density at radius 3 is 2.52 bits per heavy atom. The minimum absolute atomic E-state index is 0.181. The molecule has 0 bridgehead atoms. The Morgan fingerprint density at radius 2 is 1.83 bits per heavy atom. The number of para-hydroxylation sites is 1. The monoisotopic (exact) mass is 332 g/mol. The molecule has 0 fully saturated rings. The van der Waals surface area contributed by atoms with Crippen molar-refractivity contribution in [2.24, 2.45) is 5.73 Å². The van der Waals surface area contributed by atoms with Gasteiger partial charge in [-0.3, -0.25) is 9.10 Å². The highest BCUT2D eigenvalue weighted by Gasteiger charge is 2.30. The van der Waals surface area contributed by atoms with Crippen molar-refractivity contribution in [3.63, 3.8) is 0 Å². The van der Waals surface area contributed by atoms with Gasteiger partial charge in [-0.15, -0.1) is 0 Å². The lowest BCUT2D eigenvalue weighted by molar-refractivity contribution is -0.119. The molecule has 0 saturated heterocycles. The Labute approximate surface area is 134 Å². The molecule has 0 radical (unpaired) electrons. The number of nitrogens with zero attached hydrogens (tertiary/aromatic N) is 1. The van der Waals surface area contributed by atoms with Crippen LogP contribution in [0.1, 0.15) is 5.56 Å². The van der Waals surface area contributed by atoms with Crippen molar-refractivity contribution in [1.82, 2.24) is 0 Å². The van der Waals surface area contributed by atoms with Gasteiger partial charge in [0, 0.05) is 6.54 Å². The van der Waals surface area contributed by atoms with Gasteiger partial charge in [-0.25, -0.2) is 8.42 Å². The first kappa shape index (κ1) is 15.4. The van der Waals surface area contributed by atoms with E-state index in [2.05, 4.69) is 0 Å². The third-order valence-corrected chi connectivity index (χ3v) is 5.46. The fourth-order valence-corrected chi connectivity index (χ4v) is 4.05. The van der Waals surface area contributed by atoms with Gasteiger partial charge in [-0.1, -0.05) is 18.2 Å². The second kappa shape index (κ2) is 5.92. The average Bonchev–Trinajstić information content (AvgIpc) is 2.98. The summed E-state index contributed by atoms with van der Waals surface area (Å²) in [4.78, 5) is 10.9. The SMILES string of the molecule is NC(=O)COc1ccc(S(=O)(=O)N2CCc3ccccc32)cc1. The molecule has 6 nitrogen and oxygen atoms in total. The summed E-state index contributed by atoms with van der Waals surface area (Å²) in [5, 5.41) is 0. The molecule has 0 atom stereocenters. The minimum atomic E-state index is -3.61. The number of rotatable bonds is 5. The number of hydrogen-bond donors (Lipinski definition) is 1. The summed E-state index contributed by atoms with van der Waals surface area (Å²) in [7, 11) is -3.61. The predicted octanol–water partition coefficient (Wildman–Crippen LogP) is 1.30. The lowest BCUT2D eigenvalue weighted by Crippen LogP contribution is -2.29. The maximum absolute atomic E-state index is 12.8. The number of carbonyl (C=O) groups excluding carboxylic acids is 1. The topological polar surface area (TPSA) is 89.7 Å². The van der Waals surface area contributed by atoms with Crippen molar-refractivity contribution in [1.29, 1.82) is 0 Å². The molecule has 2 aromatic rings. The normalized spacial score (nSPS) is 13.7. The van der Waals surface area contributed by atoms with E-state index in [0.717, 1.165) is 11.3 Å². The van der Waals surface area contributed by atoms with Crippen molar-refractivity contribution in [3.8, 4) is 5.75 Å². The Kier molecular flexibility index (Phi) is 3.96. The van der Waals surface area contributed by atoms with Crippen molar-refractivity contribution >= 4 is 21.6 Å². The minimum Gasteiger partial charge on any atom is -0.484 e. The van der Waals surface area contributed by atoms with E-state index >= 15 is 0 Å². The zero-order valence-electron chi connectivity index (χ0n) is 12.3. The van der Waals surface area contributed by atoms with Crippen LogP contribution in [-0.2, 0) is 21.2 Å². The first-order valence-corrected chi connectivity index (χ1v) is 8.54. The van der Waals surface area contributed by atoms with Crippen molar-refractivity contribution < 1.29 is 17.9 Å². The van der Waals surface area contributed by atoms with Gasteiger partial charge in [0.1, 0.15) is 5.75 Å². The highest BCUT2D eigenvalue weighted by Crippen LogP contribution is 2.32. The molecule has 0 unspecified atom stereocenters. The first-order valence-electron chi connectivity index (χ1n) is 7.10. The standard InChI is InChI=1S/C16H16N2O4S/c17-16(19)11-22-13-5-7-14(8-6-13)23(20,21)18-10-9-12-3-1-2-4-15(12)18/h1-8H,9-11H2,(H2,17,19). The Bertz CT molecular complexity index is 831. The average molecular weight is 332 g/mol. The van der Waals surface area contributed by atoms with Gasteiger partial charge in [0.25, 0.3) is 15.9 Å². The van der Waals surface area contributed by atoms with Crippen LogP contribution in [0.25, 0.3) is 0 Å². The molecule has 2 N–H and O–H groups in total. The Hall–Kier alpha value is -2.54. The van der Waals surface area contributed by atoms with Crippen LogP contribution < -0.4 is 14.8 Å². The van der Waals surface area contributed by atoms with Gasteiger partial charge < -0.3 is 10.5 Å². The highest BCUT2D eigenvalue weighted by molar-refractivity contribution is 7.92. The van der Waals surface area contributed by atoms with Gasteiger partial charge in [0.15, 0.2) is 6.61 Å². The number of primary amides is 1. The van der Waals surface area contributed by atoms with Crippen molar-refractivity contribution in [3.05, 3.63) is 54.1 Å². The van der Waals surface area contributed by atoms with Gasteiger partial charge >= 0.3 is 0 Å². The third-order valence-electron chi connectivity index (χ3n) is 3.64. The van der Waals surface area contributed by atoms with Gasteiger partial charge in [-0.2, -0.15) is 0 Å². The maximum atomic E-state index is 12.8. The second-order valence-corrected chi connectivity index (χ2v) is 7.04. The third kappa shape index (κ3) is 3.00. The molecule has 0 aliphatic carbocycles. The number of sulfonamides is 1. The summed E-state index contributed by atoms with van der Waals surface area (Å²) in [6.07, 6.45) is 0.704. The van der Waals surface area contributed by atoms with Crippen LogP contribution in [0.4, 0.5) is 5.69 Å². The van der Waals surface area contributed by atoms with Crippen molar-refractivity contribution in [2.75, 3.05) is 17.5 Å². The van der Waals surface area contributed by atoms with Gasteiger partial charge in [-0.05, 0) is 42.3 Å². The lowest BCUT2D eigenvalue weighted by atomic mass is 10.2. The Balaban J connectivity index is 1.85. The molecule has 1 heterocycles.